The van der Waals surface area contributed by atoms with Crippen molar-refractivity contribution in [3.63, 3.8) is 0 Å². The normalized spacial score (nSPS) is 16.4. The number of fused-ring (bicyclic) bond motifs is 2. The summed E-state index contributed by atoms with van der Waals surface area (Å²) in [6, 6.07) is 25.6. The molecule has 3 aliphatic rings. The van der Waals surface area contributed by atoms with E-state index in [-0.39, 0.29) is 56.3 Å². The Bertz CT molecular complexity index is 2040. The van der Waals surface area contributed by atoms with E-state index in [1.807, 2.05) is 48.5 Å². The molecule has 0 radical (unpaired) electrons. The van der Waals surface area contributed by atoms with E-state index < -0.39 is 29.9 Å². The summed E-state index contributed by atoms with van der Waals surface area (Å²) in [6.45, 7) is 1.74. The molecule has 4 aromatic rings. The Labute approximate surface area is 334 Å². The number of carbonyl (C=O) groups is 4. The highest BCUT2D eigenvalue weighted by atomic mass is 35.5. The van der Waals surface area contributed by atoms with Crippen LogP contribution in [-0.4, -0.2) is 101 Å². The van der Waals surface area contributed by atoms with Gasteiger partial charge in [0.05, 0.1) is 33.3 Å². The van der Waals surface area contributed by atoms with Gasteiger partial charge >= 0.3 is 0 Å². The number of amides is 4. The number of piperidine rings is 1. The summed E-state index contributed by atoms with van der Waals surface area (Å²) in [4.78, 5) is 58.8. The summed E-state index contributed by atoms with van der Waals surface area (Å²) in [5.74, 6) is 0.154. The van der Waals surface area contributed by atoms with Gasteiger partial charge in [0.1, 0.15) is 5.75 Å². The third-order valence-corrected chi connectivity index (χ3v) is 11.1. The van der Waals surface area contributed by atoms with E-state index in [1.165, 1.54) is 6.07 Å². The van der Waals surface area contributed by atoms with E-state index in [1.54, 1.807) is 41.3 Å². The highest BCUT2D eigenvalue weighted by Crippen LogP contribution is 2.33. The van der Waals surface area contributed by atoms with Crippen LogP contribution in [0.5, 0.6) is 17.2 Å². The molecular weight excluding hydrogens is 759 g/mol. The summed E-state index contributed by atoms with van der Waals surface area (Å²) in [5.41, 5.74) is 2.59. The van der Waals surface area contributed by atoms with E-state index in [2.05, 4.69) is 10.2 Å². The van der Waals surface area contributed by atoms with Crippen LogP contribution in [-0.2, 0) is 22.6 Å². The highest BCUT2D eigenvalue weighted by molar-refractivity contribution is 6.42. The zero-order valence-corrected chi connectivity index (χ0v) is 32.1. The molecule has 0 saturated carbocycles. The Kier molecular flexibility index (Phi) is 12.4. The topological polar surface area (TPSA) is 138 Å². The fourth-order valence-electron chi connectivity index (χ4n) is 7.38. The van der Waals surface area contributed by atoms with Gasteiger partial charge in [-0.25, -0.2) is 0 Å². The molecule has 0 aliphatic carbocycles. The number of aliphatic hydroxyl groups is 1. The van der Waals surface area contributed by atoms with Gasteiger partial charge in [-0.05, 0) is 66.8 Å². The van der Waals surface area contributed by atoms with Crippen LogP contribution < -0.4 is 19.5 Å². The Balaban J connectivity index is 1.05. The molecule has 2 atom stereocenters. The van der Waals surface area contributed by atoms with E-state index in [0.29, 0.717) is 54.4 Å². The molecule has 56 heavy (non-hydrogen) atoms. The zero-order chi connectivity index (χ0) is 39.2. The van der Waals surface area contributed by atoms with Crippen molar-refractivity contribution in [2.75, 3.05) is 39.6 Å². The number of ether oxygens (including phenoxy) is 3. The predicted molar refractivity (Wildman–Crippen MR) is 209 cm³/mol. The minimum absolute atomic E-state index is 0.0841. The second-order valence-corrected chi connectivity index (χ2v) is 14.9. The lowest BCUT2D eigenvalue weighted by Gasteiger charge is -2.40. The first-order valence-corrected chi connectivity index (χ1v) is 19.3. The number of hydrogen-bond donors (Lipinski definition) is 2. The lowest BCUT2D eigenvalue weighted by atomic mass is 9.97. The largest absolute Gasteiger partial charge is 0.484 e. The Morgan fingerprint density at radius 3 is 2.27 bits per heavy atom. The van der Waals surface area contributed by atoms with E-state index >= 15 is 0 Å². The van der Waals surface area contributed by atoms with Crippen LogP contribution in [0.2, 0.25) is 10.0 Å². The van der Waals surface area contributed by atoms with E-state index in [0.717, 1.165) is 27.5 Å². The average molecular weight is 802 g/mol. The summed E-state index contributed by atoms with van der Waals surface area (Å²) in [7, 11) is 0. The number of hydrogen-bond acceptors (Lipinski definition) is 9. The molecule has 0 aromatic heterocycles. The molecule has 14 heteroatoms. The summed E-state index contributed by atoms with van der Waals surface area (Å²) >= 11 is 12.1. The molecule has 3 aliphatic heterocycles. The number of nitrogens with one attached hydrogen (secondary N) is 1. The molecule has 3 heterocycles. The fourth-order valence-corrected chi connectivity index (χ4v) is 7.67. The maximum atomic E-state index is 14.2. The average Bonchev–Trinajstić information content (AvgIpc) is 3.78. The third-order valence-electron chi connectivity index (χ3n) is 10.3. The molecule has 12 nitrogen and oxygen atoms in total. The van der Waals surface area contributed by atoms with E-state index in [4.69, 9.17) is 37.4 Å². The fraction of sp³-hybridized carbons (Fsp3) is 0.333. The lowest BCUT2D eigenvalue weighted by Crippen LogP contribution is -2.55. The molecular formula is C42H42Cl2N4O8. The smallest absolute Gasteiger partial charge is 0.261 e. The Hall–Kier alpha value is -5.14. The number of benzene rings is 4. The summed E-state index contributed by atoms with van der Waals surface area (Å²) in [6.07, 6.45) is 0.236. The van der Waals surface area contributed by atoms with Crippen molar-refractivity contribution >= 4 is 46.8 Å². The molecule has 292 valence electrons. The molecule has 0 spiro atoms. The standard InChI is InChI=1S/C42H42Cl2N4O8/c43-33-12-11-30(22-34(33)44)54-25-39(50)45-35(20-27-6-2-1-3-7-27)36(49)24-48(40(51)16-19-47-41(52)31-8-4-5-9-32(31)42(47)53)29-14-17-46(18-15-29)23-28-10-13-37-38(21-28)56-26-55-37/h1-13,21-22,29,35-36,49H,14-20,23-26H2,(H,45,50)/t35-,36-/m0/s1. The molecule has 7 rings (SSSR count). The van der Waals surface area contributed by atoms with Gasteiger partial charge in [-0.3, -0.25) is 29.0 Å². The zero-order valence-electron chi connectivity index (χ0n) is 30.6. The van der Waals surface area contributed by atoms with Gasteiger partial charge in [0, 0.05) is 51.3 Å². The van der Waals surface area contributed by atoms with Crippen molar-refractivity contribution in [3.8, 4) is 17.2 Å². The predicted octanol–water partition coefficient (Wildman–Crippen LogP) is 5.37. The number of halogens is 2. The number of likely N-dealkylation sites (tertiary alicyclic amines) is 1. The van der Waals surface area contributed by atoms with Crippen molar-refractivity contribution < 1.29 is 38.5 Å². The van der Waals surface area contributed by atoms with Crippen molar-refractivity contribution in [1.82, 2.24) is 20.0 Å². The van der Waals surface area contributed by atoms with Gasteiger partial charge < -0.3 is 29.5 Å². The number of imide groups is 1. The number of rotatable bonds is 15. The number of carbonyl (C=O) groups excluding carboxylic acids is 4. The summed E-state index contributed by atoms with van der Waals surface area (Å²) in [5, 5.41) is 15.5. The first kappa shape index (κ1) is 39.1. The SMILES string of the molecule is O=C(COc1ccc(Cl)c(Cl)c1)N[C@@H](Cc1ccccc1)[C@@H](O)CN(C(=O)CCN1C(=O)c2ccccc2C1=O)C1CCN(Cc2ccc3c(c2)OCO3)CC1. The van der Waals surface area contributed by atoms with Gasteiger partial charge in [0.15, 0.2) is 18.1 Å². The van der Waals surface area contributed by atoms with Crippen LogP contribution in [0, 0.1) is 0 Å². The number of aliphatic hydroxyl groups excluding tert-OH is 1. The van der Waals surface area contributed by atoms with Gasteiger partial charge in [0.2, 0.25) is 12.7 Å². The highest BCUT2D eigenvalue weighted by Gasteiger charge is 2.37. The van der Waals surface area contributed by atoms with Gasteiger partial charge in [0.25, 0.3) is 17.7 Å². The van der Waals surface area contributed by atoms with Crippen molar-refractivity contribution in [2.24, 2.45) is 0 Å². The van der Waals surface area contributed by atoms with Crippen LogP contribution >= 0.6 is 23.2 Å². The molecule has 1 saturated heterocycles. The van der Waals surface area contributed by atoms with Crippen molar-refractivity contribution in [3.05, 3.63) is 123 Å². The minimum atomic E-state index is -1.18. The number of nitrogens with zero attached hydrogens (tertiary/aromatic N) is 3. The Morgan fingerprint density at radius 1 is 0.857 bits per heavy atom. The van der Waals surface area contributed by atoms with Crippen LogP contribution in [0.15, 0.2) is 91.0 Å². The van der Waals surface area contributed by atoms with E-state index in [9.17, 15) is 24.3 Å². The maximum Gasteiger partial charge on any atom is 0.261 e. The quantitative estimate of drug-likeness (QED) is 0.152. The second-order valence-electron chi connectivity index (χ2n) is 14.1. The Morgan fingerprint density at radius 2 is 1.55 bits per heavy atom. The first-order chi connectivity index (χ1) is 27.1. The second kappa shape index (κ2) is 17.8. The van der Waals surface area contributed by atoms with Gasteiger partial charge in [-0.2, -0.15) is 0 Å². The van der Waals surface area contributed by atoms with Crippen LogP contribution in [0.4, 0.5) is 0 Å². The molecule has 1 fully saturated rings. The monoisotopic (exact) mass is 800 g/mol. The molecule has 4 aromatic carbocycles. The first-order valence-electron chi connectivity index (χ1n) is 18.6. The summed E-state index contributed by atoms with van der Waals surface area (Å²) < 4.78 is 16.7. The maximum absolute atomic E-state index is 14.2. The third kappa shape index (κ3) is 9.27. The van der Waals surface area contributed by atoms with Crippen LogP contribution in [0.3, 0.4) is 0 Å². The minimum Gasteiger partial charge on any atom is -0.484 e. The molecule has 4 amide bonds. The molecule has 0 bridgehead atoms. The molecule has 0 unspecified atom stereocenters. The van der Waals surface area contributed by atoms with Gasteiger partial charge in [-0.1, -0.05) is 71.7 Å². The van der Waals surface area contributed by atoms with Crippen molar-refractivity contribution in [2.45, 2.75) is 50.4 Å². The van der Waals surface area contributed by atoms with Crippen LogP contribution in [0.25, 0.3) is 0 Å². The van der Waals surface area contributed by atoms with Gasteiger partial charge in [-0.15, -0.1) is 0 Å². The van der Waals surface area contributed by atoms with Crippen LogP contribution in [0.1, 0.15) is 51.1 Å². The lowest BCUT2D eigenvalue weighted by molar-refractivity contribution is -0.137. The van der Waals surface area contributed by atoms with Crippen molar-refractivity contribution in [1.29, 1.82) is 0 Å². The molecule has 2 N–H and O–H groups in total.